The van der Waals surface area contributed by atoms with Gasteiger partial charge in [0.25, 0.3) is 0 Å². The molecule has 6 heteroatoms. The Morgan fingerprint density at radius 3 is 0.965 bits per heavy atom. The maximum Gasteiger partial charge on any atom is 0.308 e. The molecule has 0 rings (SSSR count). The van der Waals surface area contributed by atoms with Crippen LogP contribution in [0.25, 0.3) is 0 Å². The number of rotatable bonds is 46. The van der Waals surface area contributed by atoms with Crippen LogP contribution in [0.1, 0.15) is 252 Å². The van der Waals surface area contributed by atoms with Gasteiger partial charge in [-0.3, -0.25) is 9.59 Å². The molecule has 0 aliphatic carbocycles. The number of esters is 2. The van der Waals surface area contributed by atoms with Crippen LogP contribution in [-0.4, -0.2) is 75.2 Å². The van der Waals surface area contributed by atoms with Gasteiger partial charge in [0, 0.05) is 0 Å². The molecule has 6 nitrogen and oxygen atoms in total. The van der Waals surface area contributed by atoms with E-state index in [9.17, 15) is 9.59 Å². The highest BCUT2D eigenvalue weighted by Gasteiger charge is 2.20. The molecule has 0 aromatic carbocycles. The van der Waals surface area contributed by atoms with E-state index in [1.807, 2.05) is 0 Å². The number of hydrogen-bond acceptors (Lipinski definition) is 6. The summed E-state index contributed by atoms with van der Waals surface area (Å²) in [7, 11) is 4.34. The summed E-state index contributed by atoms with van der Waals surface area (Å²) in [5, 5.41) is 0. The van der Waals surface area contributed by atoms with Crippen LogP contribution in [0, 0.1) is 11.8 Å². The van der Waals surface area contributed by atoms with Crippen LogP contribution in [0.3, 0.4) is 0 Å². The van der Waals surface area contributed by atoms with Gasteiger partial charge < -0.3 is 19.3 Å². The zero-order chi connectivity index (χ0) is 41.9. The van der Waals surface area contributed by atoms with Crippen molar-refractivity contribution in [3.05, 3.63) is 0 Å². The van der Waals surface area contributed by atoms with Crippen LogP contribution >= 0.6 is 0 Å². The zero-order valence-corrected chi connectivity index (χ0v) is 39.7. The quantitative estimate of drug-likeness (QED) is 0.0451. The van der Waals surface area contributed by atoms with Crippen LogP contribution in [0.2, 0.25) is 0 Å². The number of carbonyl (C=O) groups is 2. The number of hydrogen-bond donors (Lipinski definition) is 0. The third-order valence-electron chi connectivity index (χ3n) is 12.1. The third kappa shape index (κ3) is 38.8. The standard InChI is InChI=1S/C51H102N2O4/c1-7-11-15-19-21-30-40-48(38-28-17-13-9-3)50(54)56-46-36-25-23-33-43-53(45-35-27-32-42-52(5)6)44-34-24-26-37-47-57-51(55)49(39-29-18-14-10-4)41-31-22-20-16-12-8-2/h48-49H,7-47H2,1-6H3. The summed E-state index contributed by atoms with van der Waals surface area (Å²) in [6, 6.07) is 0. The van der Waals surface area contributed by atoms with E-state index in [1.54, 1.807) is 0 Å². The number of carbonyl (C=O) groups excluding carboxylic acids is 2. The summed E-state index contributed by atoms with van der Waals surface area (Å²) < 4.78 is 11.7. The summed E-state index contributed by atoms with van der Waals surface area (Å²) in [6.45, 7) is 14.9. The summed E-state index contributed by atoms with van der Waals surface area (Å²) in [5.74, 6) is 0.353. The zero-order valence-electron chi connectivity index (χ0n) is 39.7. The first-order valence-electron chi connectivity index (χ1n) is 25.6. The van der Waals surface area contributed by atoms with Crippen molar-refractivity contribution in [2.24, 2.45) is 11.8 Å². The molecular formula is C51H102N2O4. The van der Waals surface area contributed by atoms with Crippen molar-refractivity contribution in [3.8, 4) is 0 Å². The maximum atomic E-state index is 13.0. The molecule has 0 saturated heterocycles. The second kappa shape index (κ2) is 44.4. The van der Waals surface area contributed by atoms with Crippen LogP contribution in [0.15, 0.2) is 0 Å². The van der Waals surface area contributed by atoms with Gasteiger partial charge in [0.2, 0.25) is 0 Å². The Bertz CT molecular complexity index is 778. The average molecular weight is 807 g/mol. The van der Waals surface area contributed by atoms with E-state index in [-0.39, 0.29) is 23.8 Å². The summed E-state index contributed by atoms with van der Waals surface area (Å²) in [4.78, 5) is 31.1. The topological polar surface area (TPSA) is 59.1 Å². The number of nitrogens with zero attached hydrogens (tertiary/aromatic N) is 2. The minimum atomic E-state index is 0.0733. The summed E-state index contributed by atoms with van der Waals surface area (Å²) in [5.41, 5.74) is 0. The molecule has 0 fully saturated rings. The van der Waals surface area contributed by atoms with Gasteiger partial charge in [0.15, 0.2) is 0 Å². The predicted octanol–water partition coefficient (Wildman–Crippen LogP) is 14.9. The van der Waals surface area contributed by atoms with Crippen molar-refractivity contribution in [1.29, 1.82) is 0 Å². The van der Waals surface area contributed by atoms with Gasteiger partial charge in [-0.25, -0.2) is 0 Å². The van der Waals surface area contributed by atoms with Crippen LogP contribution < -0.4 is 0 Å². The molecule has 0 N–H and O–H groups in total. The van der Waals surface area contributed by atoms with Crippen molar-refractivity contribution in [1.82, 2.24) is 9.80 Å². The first kappa shape index (κ1) is 55.9. The Labute approximate surface area is 357 Å². The lowest BCUT2D eigenvalue weighted by atomic mass is 9.94. The molecule has 0 aliphatic heterocycles. The van der Waals surface area contributed by atoms with E-state index in [4.69, 9.17) is 9.47 Å². The van der Waals surface area contributed by atoms with Crippen molar-refractivity contribution in [3.63, 3.8) is 0 Å². The molecule has 0 aromatic rings. The molecule has 0 saturated carbocycles. The molecule has 2 unspecified atom stereocenters. The molecule has 0 bridgehead atoms. The molecule has 0 amide bonds. The average Bonchev–Trinajstić information content (AvgIpc) is 3.20. The van der Waals surface area contributed by atoms with Crippen molar-refractivity contribution < 1.29 is 19.1 Å². The Kier molecular flexibility index (Phi) is 43.5. The second-order valence-electron chi connectivity index (χ2n) is 18.1. The first-order valence-corrected chi connectivity index (χ1v) is 25.6. The van der Waals surface area contributed by atoms with Gasteiger partial charge >= 0.3 is 11.9 Å². The van der Waals surface area contributed by atoms with Gasteiger partial charge in [-0.2, -0.15) is 0 Å². The Morgan fingerprint density at radius 2 is 0.614 bits per heavy atom. The molecule has 57 heavy (non-hydrogen) atoms. The monoisotopic (exact) mass is 807 g/mol. The minimum Gasteiger partial charge on any atom is -0.465 e. The molecule has 0 spiro atoms. The highest BCUT2D eigenvalue weighted by atomic mass is 16.5. The van der Waals surface area contributed by atoms with Gasteiger partial charge in [0.1, 0.15) is 0 Å². The van der Waals surface area contributed by atoms with E-state index in [0.29, 0.717) is 13.2 Å². The van der Waals surface area contributed by atoms with E-state index in [2.05, 4.69) is 51.6 Å². The fourth-order valence-electron chi connectivity index (χ4n) is 8.18. The second-order valence-corrected chi connectivity index (χ2v) is 18.1. The van der Waals surface area contributed by atoms with Gasteiger partial charge in [-0.05, 0) is 104 Å². The molecule has 0 radical (unpaired) electrons. The third-order valence-corrected chi connectivity index (χ3v) is 12.1. The molecular weight excluding hydrogens is 705 g/mol. The van der Waals surface area contributed by atoms with E-state index in [1.165, 1.54) is 174 Å². The van der Waals surface area contributed by atoms with Crippen LogP contribution in [0.4, 0.5) is 0 Å². The maximum absolute atomic E-state index is 13.0. The molecule has 340 valence electrons. The van der Waals surface area contributed by atoms with Crippen LogP contribution in [0.5, 0.6) is 0 Å². The Hall–Kier alpha value is -1.14. The van der Waals surface area contributed by atoms with E-state index >= 15 is 0 Å². The van der Waals surface area contributed by atoms with Crippen molar-refractivity contribution in [2.75, 3.05) is 53.5 Å². The summed E-state index contributed by atoms with van der Waals surface area (Å²) in [6.07, 6.45) is 42.1. The fourth-order valence-corrected chi connectivity index (χ4v) is 8.18. The largest absolute Gasteiger partial charge is 0.465 e. The minimum absolute atomic E-state index is 0.0733. The molecule has 0 heterocycles. The van der Waals surface area contributed by atoms with Gasteiger partial charge in [-0.1, -0.05) is 188 Å². The van der Waals surface area contributed by atoms with Crippen molar-refractivity contribution in [2.45, 2.75) is 252 Å². The lowest BCUT2D eigenvalue weighted by molar-refractivity contribution is -0.150. The SMILES string of the molecule is CCCCCCCCC(CCCCCC)C(=O)OCCCCCCN(CCCCCCOC(=O)C(CCCCCC)CCCCCCCC)CCCCCN(C)C. The smallest absolute Gasteiger partial charge is 0.308 e. The first-order chi connectivity index (χ1) is 27.9. The normalized spacial score (nSPS) is 12.8. The van der Waals surface area contributed by atoms with Gasteiger partial charge in [0.05, 0.1) is 25.0 Å². The number of unbranched alkanes of at least 4 members (excludes halogenated alkanes) is 24. The molecule has 0 aliphatic rings. The summed E-state index contributed by atoms with van der Waals surface area (Å²) >= 11 is 0. The number of ether oxygens (including phenoxy) is 2. The Balaban J connectivity index is 4.54. The lowest BCUT2D eigenvalue weighted by Gasteiger charge is -2.22. The predicted molar refractivity (Wildman–Crippen MR) is 248 cm³/mol. The lowest BCUT2D eigenvalue weighted by Crippen LogP contribution is -2.27. The van der Waals surface area contributed by atoms with E-state index < -0.39 is 0 Å². The van der Waals surface area contributed by atoms with Crippen LogP contribution in [-0.2, 0) is 19.1 Å². The molecule has 2 atom stereocenters. The highest BCUT2D eigenvalue weighted by Crippen LogP contribution is 2.22. The fraction of sp³-hybridized carbons (Fsp3) is 0.961. The van der Waals surface area contributed by atoms with Gasteiger partial charge in [-0.15, -0.1) is 0 Å². The van der Waals surface area contributed by atoms with Crippen molar-refractivity contribution >= 4 is 11.9 Å². The van der Waals surface area contributed by atoms with E-state index in [0.717, 1.165) is 77.0 Å². The molecule has 0 aromatic heterocycles. The Morgan fingerprint density at radius 1 is 0.351 bits per heavy atom. The highest BCUT2D eigenvalue weighted by molar-refractivity contribution is 5.72.